The molecule has 0 unspecified atom stereocenters. The lowest BCUT2D eigenvalue weighted by Gasteiger charge is -2.16. The Labute approximate surface area is 111 Å². The molecule has 2 nitrogen and oxygen atoms in total. The standard InChI is InChI=1S/C16H25NO/c1-2-3-10-17-11-12-18-16-9-8-14-6-4-5-7-15(14)13-16/h8-9,13,17H,2-7,10-12H2,1H3. The van der Waals surface area contributed by atoms with E-state index in [4.69, 9.17) is 4.74 Å². The first kappa shape index (κ1) is 13.4. The molecule has 0 fully saturated rings. The fraction of sp³-hybridized carbons (Fsp3) is 0.625. The molecule has 0 atom stereocenters. The molecule has 1 aliphatic rings. The molecular formula is C16H25NO. The summed E-state index contributed by atoms with van der Waals surface area (Å²) >= 11 is 0. The minimum atomic E-state index is 0.766. The van der Waals surface area contributed by atoms with E-state index in [0.717, 1.165) is 25.4 Å². The van der Waals surface area contributed by atoms with Gasteiger partial charge in [-0.2, -0.15) is 0 Å². The first-order valence-corrected chi connectivity index (χ1v) is 7.35. The quantitative estimate of drug-likeness (QED) is 0.746. The molecule has 0 saturated carbocycles. The number of benzene rings is 1. The van der Waals surface area contributed by atoms with Crippen molar-refractivity contribution in [2.75, 3.05) is 19.7 Å². The van der Waals surface area contributed by atoms with Gasteiger partial charge in [-0.05, 0) is 61.9 Å². The van der Waals surface area contributed by atoms with Crippen LogP contribution in [0.4, 0.5) is 0 Å². The number of aryl methyl sites for hydroxylation is 2. The van der Waals surface area contributed by atoms with E-state index in [1.165, 1.54) is 49.7 Å². The molecule has 1 aromatic rings. The number of rotatable bonds is 7. The summed E-state index contributed by atoms with van der Waals surface area (Å²) in [6.07, 6.45) is 7.64. The molecule has 0 heterocycles. The Morgan fingerprint density at radius 3 is 2.78 bits per heavy atom. The maximum atomic E-state index is 5.79. The first-order valence-electron chi connectivity index (χ1n) is 7.35. The molecule has 0 aliphatic heterocycles. The van der Waals surface area contributed by atoms with Crippen LogP contribution in [0.25, 0.3) is 0 Å². The van der Waals surface area contributed by atoms with Crippen molar-refractivity contribution < 1.29 is 4.74 Å². The van der Waals surface area contributed by atoms with Crippen LogP contribution in [0.1, 0.15) is 43.7 Å². The van der Waals surface area contributed by atoms with Gasteiger partial charge >= 0.3 is 0 Å². The first-order chi connectivity index (χ1) is 8.90. The van der Waals surface area contributed by atoms with Gasteiger partial charge in [-0.15, -0.1) is 0 Å². The van der Waals surface area contributed by atoms with Crippen LogP contribution in [-0.4, -0.2) is 19.7 Å². The van der Waals surface area contributed by atoms with Crippen molar-refractivity contribution in [1.82, 2.24) is 5.32 Å². The summed E-state index contributed by atoms with van der Waals surface area (Å²) in [6, 6.07) is 6.60. The second kappa shape index (κ2) is 7.42. The molecule has 0 aromatic heterocycles. The lowest BCUT2D eigenvalue weighted by molar-refractivity contribution is 0.313. The Morgan fingerprint density at radius 1 is 1.11 bits per heavy atom. The Kier molecular flexibility index (Phi) is 5.53. The van der Waals surface area contributed by atoms with Crippen LogP contribution in [0.15, 0.2) is 18.2 Å². The molecule has 1 aliphatic carbocycles. The van der Waals surface area contributed by atoms with Crippen LogP contribution in [0.2, 0.25) is 0 Å². The van der Waals surface area contributed by atoms with Crippen LogP contribution >= 0.6 is 0 Å². The van der Waals surface area contributed by atoms with Gasteiger partial charge in [0.15, 0.2) is 0 Å². The smallest absolute Gasteiger partial charge is 0.119 e. The van der Waals surface area contributed by atoms with Crippen molar-refractivity contribution in [2.45, 2.75) is 45.4 Å². The second-order valence-electron chi connectivity index (χ2n) is 5.09. The molecule has 2 heteroatoms. The lowest BCUT2D eigenvalue weighted by Crippen LogP contribution is -2.22. The van der Waals surface area contributed by atoms with Gasteiger partial charge in [0.2, 0.25) is 0 Å². The summed E-state index contributed by atoms with van der Waals surface area (Å²) in [5.74, 6) is 1.04. The van der Waals surface area contributed by atoms with E-state index in [1.54, 1.807) is 0 Å². The van der Waals surface area contributed by atoms with Crippen molar-refractivity contribution >= 4 is 0 Å². The third-order valence-electron chi connectivity index (χ3n) is 3.57. The summed E-state index contributed by atoms with van der Waals surface area (Å²) in [4.78, 5) is 0. The summed E-state index contributed by atoms with van der Waals surface area (Å²) in [7, 11) is 0. The molecule has 100 valence electrons. The number of nitrogens with one attached hydrogen (secondary N) is 1. The Bertz CT molecular complexity index is 362. The number of hydrogen-bond acceptors (Lipinski definition) is 2. The van der Waals surface area contributed by atoms with E-state index in [9.17, 15) is 0 Å². The van der Waals surface area contributed by atoms with Crippen LogP contribution < -0.4 is 10.1 Å². The van der Waals surface area contributed by atoms with Crippen LogP contribution in [-0.2, 0) is 12.8 Å². The third-order valence-corrected chi connectivity index (χ3v) is 3.57. The van der Waals surface area contributed by atoms with E-state index < -0.39 is 0 Å². The third kappa shape index (κ3) is 4.02. The molecular weight excluding hydrogens is 222 g/mol. The van der Waals surface area contributed by atoms with Gasteiger partial charge in [0.25, 0.3) is 0 Å². The molecule has 18 heavy (non-hydrogen) atoms. The average Bonchev–Trinajstić information content (AvgIpc) is 2.42. The van der Waals surface area contributed by atoms with Crippen molar-refractivity contribution in [3.05, 3.63) is 29.3 Å². The molecule has 0 amide bonds. The zero-order valence-corrected chi connectivity index (χ0v) is 11.5. The minimum Gasteiger partial charge on any atom is -0.492 e. The minimum absolute atomic E-state index is 0.766. The van der Waals surface area contributed by atoms with E-state index in [-0.39, 0.29) is 0 Å². The van der Waals surface area contributed by atoms with E-state index in [1.807, 2.05) is 0 Å². The van der Waals surface area contributed by atoms with E-state index >= 15 is 0 Å². The van der Waals surface area contributed by atoms with Crippen molar-refractivity contribution in [2.24, 2.45) is 0 Å². The topological polar surface area (TPSA) is 21.3 Å². The predicted molar refractivity (Wildman–Crippen MR) is 76.4 cm³/mol. The van der Waals surface area contributed by atoms with Gasteiger partial charge in [0.1, 0.15) is 12.4 Å². The number of hydrogen-bond donors (Lipinski definition) is 1. The number of fused-ring (bicyclic) bond motifs is 1. The Morgan fingerprint density at radius 2 is 1.94 bits per heavy atom. The maximum Gasteiger partial charge on any atom is 0.119 e. The van der Waals surface area contributed by atoms with Crippen LogP contribution in [0, 0.1) is 0 Å². The Balaban J connectivity index is 1.72. The van der Waals surface area contributed by atoms with E-state index in [0.29, 0.717) is 0 Å². The molecule has 0 bridgehead atoms. The Hall–Kier alpha value is -1.02. The second-order valence-corrected chi connectivity index (χ2v) is 5.09. The fourth-order valence-electron chi connectivity index (χ4n) is 2.47. The highest BCUT2D eigenvalue weighted by molar-refractivity contribution is 5.37. The van der Waals surface area contributed by atoms with Crippen molar-refractivity contribution in [3.63, 3.8) is 0 Å². The summed E-state index contributed by atoms with van der Waals surface area (Å²) < 4.78 is 5.79. The maximum absolute atomic E-state index is 5.79. The molecule has 0 radical (unpaired) electrons. The highest BCUT2D eigenvalue weighted by Crippen LogP contribution is 2.25. The van der Waals surface area contributed by atoms with Gasteiger partial charge in [-0.25, -0.2) is 0 Å². The summed E-state index contributed by atoms with van der Waals surface area (Å²) in [6.45, 7) is 5.02. The summed E-state index contributed by atoms with van der Waals surface area (Å²) in [5.41, 5.74) is 3.02. The molecule has 0 saturated heterocycles. The number of unbranched alkanes of at least 4 members (excludes halogenated alkanes) is 1. The van der Waals surface area contributed by atoms with Gasteiger partial charge in [0.05, 0.1) is 0 Å². The largest absolute Gasteiger partial charge is 0.492 e. The van der Waals surface area contributed by atoms with E-state index in [2.05, 4.69) is 30.4 Å². The highest BCUT2D eigenvalue weighted by atomic mass is 16.5. The van der Waals surface area contributed by atoms with Crippen LogP contribution in [0.3, 0.4) is 0 Å². The molecule has 1 N–H and O–H groups in total. The zero-order chi connectivity index (χ0) is 12.6. The molecule has 1 aromatic carbocycles. The normalized spacial score (nSPS) is 14.3. The van der Waals surface area contributed by atoms with Crippen molar-refractivity contribution in [3.8, 4) is 5.75 Å². The van der Waals surface area contributed by atoms with Gasteiger partial charge in [-0.1, -0.05) is 19.4 Å². The summed E-state index contributed by atoms with van der Waals surface area (Å²) in [5, 5.41) is 3.39. The van der Waals surface area contributed by atoms with Gasteiger partial charge < -0.3 is 10.1 Å². The molecule has 0 spiro atoms. The van der Waals surface area contributed by atoms with Gasteiger partial charge in [-0.3, -0.25) is 0 Å². The van der Waals surface area contributed by atoms with Crippen molar-refractivity contribution in [1.29, 1.82) is 0 Å². The predicted octanol–water partition coefficient (Wildman–Crippen LogP) is 3.33. The number of ether oxygens (including phenoxy) is 1. The van der Waals surface area contributed by atoms with Gasteiger partial charge in [0, 0.05) is 6.54 Å². The average molecular weight is 247 g/mol. The molecule has 2 rings (SSSR count). The monoisotopic (exact) mass is 247 g/mol. The highest BCUT2D eigenvalue weighted by Gasteiger charge is 2.09. The van der Waals surface area contributed by atoms with Crippen LogP contribution in [0.5, 0.6) is 5.75 Å². The fourth-order valence-corrected chi connectivity index (χ4v) is 2.47. The lowest BCUT2D eigenvalue weighted by atomic mass is 9.92. The zero-order valence-electron chi connectivity index (χ0n) is 11.5. The SMILES string of the molecule is CCCCNCCOc1ccc2c(c1)CCCC2.